The van der Waals surface area contributed by atoms with E-state index in [0.29, 0.717) is 10.9 Å². The van der Waals surface area contributed by atoms with Gasteiger partial charge in [0, 0.05) is 11.1 Å². The van der Waals surface area contributed by atoms with E-state index in [2.05, 4.69) is 15.0 Å². The number of oxazole rings is 1. The molecule has 20 heavy (non-hydrogen) atoms. The van der Waals surface area contributed by atoms with Crippen molar-refractivity contribution in [2.45, 2.75) is 10.2 Å². The lowest BCUT2D eigenvalue weighted by molar-refractivity contribution is 0.489. The zero-order valence-corrected chi connectivity index (χ0v) is 11.7. The van der Waals surface area contributed by atoms with Gasteiger partial charge in [-0.25, -0.2) is 15.0 Å². The fourth-order valence-corrected chi connectivity index (χ4v) is 3.51. The third kappa shape index (κ3) is 1.91. The van der Waals surface area contributed by atoms with Crippen molar-refractivity contribution in [2.24, 2.45) is 0 Å². The topological polar surface area (TPSA) is 77.8 Å². The molecule has 98 valence electrons. The first-order valence-corrected chi connectivity index (χ1v) is 7.51. The predicted octanol–water partition coefficient (Wildman–Crippen LogP) is 3.57. The molecule has 0 atom stereocenters. The molecule has 0 aliphatic carbocycles. The van der Waals surface area contributed by atoms with Crippen molar-refractivity contribution in [2.75, 3.05) is 5.73 Å². The molecule has 7 heteroatoms. The Morgan fingerprint density at radius 3 is 3.10 bits per heavy atom. The Morgan fingerprint density at radius 1 is 1.20 bits per heavy atom. The van der Waals surface area contributed by atoms with Crippen molar-refractivity contribution in [1.82, 2.24) is 15.0 Å². The Morgan fingerprint density at radius 2 is 2.15 bits per heavy atom. The van der Waals surface area contributed by atoms with Gasteiger partial charge in [-0.05, 0) is 41.4 Å². The standard InChI is InChI=1S/C13H8N4OS2/c14-7-1-2-10-9(5-7)17-13(18-10)20-12-8-3-4-19-11(8)15-6-16-12/h1-6H,14H2. The molecule has 0 aliphatic rings. The van der Waals surface area contributed by atoms with Gasteiger partial charge in [0.1, 0.15) is 21.7 Å². The largest absolute Gasteiger partial charge is 0.431 e. The summed E-state index contributed by atoms with van der Waals surface area (Å²) in [6.45, 7) is 0. The average Bonchev–Trinajstić information content (AvgIpc) is 3.04. The van der Waals surface area contributed by atoms with Crippen molar-refractivity contribution in [1.29, 1.82) is 0 Å². The van der Waals surface area contributed by atoms with E-state index in [4.69, 9.17) is 10.2 Å². The SMILES string of the molecule is Nc1ccc2oc(Sc3ncnc4sccc34)nc2c1. The summed E-state index contributed by atoms with van der Waals surface area (Å²) in [5.41, 5.74) is 7.88. The van der Waals surface area contributed by atoms with Crippen LogP contribution in [0.1, 0.15) is 0 Å². The molecule has 3 heterocycles. The van der Waals surface area contributed by atoms with Crippen molar-refractivity contribution < 1.29 is 4.42 Å². The fourth-order valence-electron chi connectivity index (χ4n) is 1.90. The lowest BCUT2D eigenvalue weighted by atomic mass is 10.3. The van der Waals surface area contributed by atoms with E-state index >= 15 is 0 Å². The highest BCUT2D eigenvalue weighted by Gasteiger charge is 2.12. The molecule has 0 saturated carbocycles. The molecule has 0 bridgehead atoms. The summed E-state index contributed by atoms with van der Waals surface area (Å²) < 4.78 is 5.69. The third-order valence-corrected chi connectivity index (χ3v) is 4.49. The molecule has 3 aromatic heterocycles. The smallest absolute Gasteiger partial charge is 0.263 e. The Kier molecular flexibility index (Phi) is 2.61. The maximum Gasteiger partial charge on any atom is 0.263 e. The third-order valence-electron chi connectivity index (χ3n) is 2.80. The minimum Gasteiger partial charge on any atom is -0.431 e. The first kappa shape index (κ1) is 11.7. The maximum absolute atomic E-state index is 5.74. The number of thiophene rings is 1. The summed E-state index contributed by atoms with van der Waals surface area (Å²) in [7, 11) is 0. The number of hydrogen-bond donors (Lipinski definition) is 1. The van der Waals surface area contributed by atoms with Crippen LogP contribution in [-0.2, 0) is 0 Å². The predicted molar refractivity (Wildman–Crippen MR) is 80.0 cm³/mol. The monoisotopic (exact) mass is 300 g/mol. The van der Waals surface area contributed by atoms with Crippen molar-refractivity contribution >= 4 is 50.1 Å². The van der Waals surface area contributed by atoms with E-state index in [1.165, 1.54) is 11.8 Å². The van der Waals surface area contributed by atoms with E-state index in [1.807, 2.05) is 17.5 Å². The van der Waals surface area contributed by atoms with Crippen LogP contribution in [0, 0.1) is 0 Å². The molecule has 0 amide bonds. The van der Waals surface area contributed by atoms with Gasteiger partial charge in [-0.1, -0.05) is 0 Å². The van der Waals surface area contributed by atoms with Gasteiger partial charge in [0.05, 0.1) is 0 Å². The molecule has 0 unspecified atom stereocenters. The Bertz CT molecular complexity index is 915. The highest BCUT2D eigenvalue weighted by molar-refractivity contribution is 7.99. The summed E-state index contributed by atoms with van der Waals surface area (Å²) in [6, 6.07) is 7.41. The van der Waals surface area contributed by atoms with Gasteiger partial charge in [0.25, 0.3) is 5.22 Å². The molecule has 2 N–H and O–H groups in total. The number of nitrogens with two attached hydrogens (primary N) is 1. The molecule has 0 spiro atoms. The minimum absolute atomic E-state index is 0.553. The number of aromatic nitrogens is 3. The van der Waals surface area contributed by atoms with E-state index < -0.39 is 0 Å². The molecule has 0 fully saturated rings. The summed E-state index contributed by atoms with van der Waals surface area (Å²) in [6.07, 6.45) is 1.56. The van der Waals surface area contributed by atoms with Crippen LogP contribution in [0.4, 0.5) is 5.69 Å². The normalized spacial score (nSPS) is 11.4. The lowest BCUT2D eigenvalue weighted by Crippen LogP contribution is -1.83. The quantitative estimate of drug-likeness (QED) is 0.450. The molecular weight excluding hydrogens is 292 g/mol. The summed E-state index contributed by atoms with van der Waals surface area (Å²) >= 11 is 2.98. The number of nitrogen functional groups attached to an aromatic ring is 1. The van der Waals surface area contributed by atoms with Crippen LogP contribution in [0.3, 0.4) is 0 Å². The average molecular weight is 300 g/mol. The minimum atomic E-state index is 0.553. The zero-order valence-electron chi connectivity index (χ0n) is 10.1. The van der Waals surface area contributed by atoms with Gasteiger partial charge in [0.15, 0.2) is 5.58 Å². The fraction of sp³-hybridized carbons (Fsp3) is 0. The van der Waals surface area contributed by atoms with Crippen LogP contribution in [0.2, 0.25) is 0 Å². The van der Waals surface area contributed by atoms with E-state index in [-0.39, 0.29) is 0 Å². The van der Waals surface area contributed by atoms with Crippen LogP contribution >= 0.6 is 23.1 Å². The molecule has 0 aliphatic heterocycles. The summed E-state index contributed by atoms with van der Waals surface area (Å²) in [5.74, 6) is 0. The molecular formula is C13H8N4OS2. The Hall–Kier alpha value is -2.12. The molecule has 4 aromatic rings. The number of hydrogen-bond acceptors (Lipinski definition) is 7. The molecule has 1 aromatic carbocycles. The number of nitrogens with zero attached hydrogens (tertiary/aromatic N) is 3. The van der Waals surface area contributed by atoms with Crippen LogP contribution in [0.25, 0.3) is 21.3 Å². The number of benzene rings is 1. The van der Waals surface area contributed by atoms with Crippen molar-refractivity contribution in [3.63, 3.8) is 0 Å². The molecule has 0 radical (unpaired) electrons. The van der Waals surface area contributed by atoms with Crippen LogP contribution in [-0.4, -0.2) is 15.0 Å². The van der Waals surface area contributed by atoms with E-state index in [0.717, 1.165) is 26.3 Å². The highest BCUT2D eigenvalue weighted by atomic mass is 32.2. The van der Waals surface area contributed by atoms with Gasteiger partial charge in [-0.3, -0.25) is 0 Å². The highest BCUT2D eigenvalue weighted by Crippen LogP contribution is 2.34. The van der Waals surface area contributed by atoms with Crippen molar-refractivity contribution in [3.05, 3.63) is 36.0 Å². The van der Waals surface area contributed by atoms with E-state index in [9.17, 15) is 0 Å². The van der Waals surface area contributed by atoms with Gasteiger partial charge in [-0.15, -0.1) is 11.3 Å². The van der Waals surface area contributed by atoms with Gasteiger partial charge in [-0.2, -0.15) is 0 Å². The summed E-state index contributed by atoms with van der Waals surface area (Å²) in [5, 5.41) is 4.41. The van der Waals surface area contributed by atoms with Crippen LogP contribution in [0.15, 0.2) is 50.6 Å². The molecule has 4 rings (SSSR count). The second-order valence-corrected chi connectivity index (χ2v) is 5.96. The van der Waals surface area contributed by atoms with Gasteiger partial charge in [0.2, 0.25) is 0 Å². The van der Waals surface area contributed by atoms with Crippen LogP contribution < -0.4 is 5.73 Å². The molecule has 0 saturated heterocycles. The second kappa shape index (κ2) is 4.46. The number of rotatable bonds is 2. The van der Waals surface area contributed by atoms with Gasteiger partial charge < -0.3 is 10.2 Å². The Balaban J connectivity index is 1.78. The molecule has 5 nitrogen and oxygen atoms in total. The maximum atomic E-state index is 5.74. The second-order valence-electron chi connectivity index (χ2n) is 4.13. The summed E-state index contributed by atoms with van der Waals surface area (Å²) in [4.78, 5) is 13.9. The van der Waals surface area contributed by atoms with Gasteiger partial charge >= 0.3 is 0 Å². The number of anilines is 1. The van der Waals surface area contributed by atoms with Crippen LogP contribution in [0.5, 0.6) is 0 Å². The van der Waals surface area contributed by atoms with Crippen molar-refractivity contribution in [3.8, 4) is 0 Å². The first-order valence-electron chi connectivity index (χ1n) is 5.82. The first-order chi connectivity index (χ1) is 9.79. The number of fused-ring (bicyclic) bond motifs is 2. The lowest BCUT2D eigenvalue weighted by Gasteiger charge is -1.96. The Labute approximate surface area is 121 Å². The zero-order chi connectivity index (χ0) is 13.5. The van der Waals surface area contributed by atoms with E-state index in [1.54, 1.807) is 29.8 Å².